The smallest absolute Gasteiger partial charge is 0.0928 e. The van der Waals surface area contributed by atoms with Gasteiger partial charge in [-0.2, -0.15) is 0 Å². The molecule has 0 bridgehead atoms. The van der Waals surface area contributed by atoms with Gasteiger partial charge in [0.05, 0.1) is 0 Å². The molecule has 1 atom stereocenters. The van der Waals surface area contributed by atoms with Crippen LogP contribution in [0.3, 0.4) is 0 Å². The van der Waals surface area contributed by atoms with Crippen molar-refractivity contribution in [1.82, 2.24) is 0 Å². The molecule has 0 aliphatic carbocycles. The third kappa shape index (κ3) is 4.65. The van der Waals surface area contributed by atoms with Crippen LogP contribution in [-0.4, -0.2) is 10.6 Å². The summed E-state index contributed by atoms with van der Waals surface area (Å²) in [5, 5.41) is 1.30. The first-order valence-corrected chi connectivity index (χ1v) is 4.58. The third-order valence-electron chi connectivity index (χ3n) is 0.909. The average molecular weight is 198 g/mol. The Labute approximate surface area is 62.5 Å². The van der Waals surface area contributed by atoms with Crippen LogP contribution in [0, 0.1) is 0 Å². The topological polar surface area (TPSA) is 17.1 Å². The number of hydrogen-bond donors (Lipinski definition) is 0. The highest BCUT2D eigenvalue weighted by molar-refractivity contribution is 9.09. The van der Waals surface area contributed by atoms with Crippen molar-refractivity contribution in [2.75, 3.05) is 5.33 Å². The van der Waals surface area contributed by atoms with E-state index in [1.54, 1.807) is 0 Å². The van der Waals surface area contributed by atoms with Gasteiger partial charge in [0.2, 0.25) is 5.25 Å². The SMILES string of the molecule is CC(CCCBr)[S+]=O. The van der Waals surface area contributed by atoms with E-state index in [1.165, 1.54) is 0 Å². The molecule has 1 unspecified atom stereocenters. The first kappa shape index (κ1) is 8.50. The van der Waals surface area contributed by atoms with E-state index in [1.807, 2.05) is 6.92 Å². The highest BCUT2D eigenvalue weighted by atomic mass is 79.9. The summed E-state index contributed by atoms with van der Waals surface area (Å²) in [6.45, 7) is 1.96. The summed E-state index contributed by atoms with van der Waals surface area (Å²) in [5.74, 6) is 0. The van der Waals surface area contributed by atoms with Crippen molar-refractivity contribution in [2.24, 2.45) is 0 Å². The second-order valence-electron chi connectivity index (χ2n) is 1.74. The van der Waals surface area contributed by atoms with Gasteiger partial charge in [0, 0.05) is 16.0 Å². The molecule has 0 rings (SSSR count). The van der Waals surface area contributed by atoms with E-state index < -0.39 is 0 Å². The van der Waals surface area contributed by atoms with E-state index in [4.69, 9.17) is 0 Å². The van der Waals surface area contributed by atoms with E-state index in [0.717, 1.165) is 18.2 Å². The van der Waals surface area contributed by atoms with Crippen LogP contribution in [-0.2, 0) is 15.9 Å². The third-order valence-corrected chi connectivity index (χ3v) is 2.03. The summed E-state index contributed by atoms with van der Waals surface area (Å²) in [6.07, 6.45) is 2.13. The Morgan fingerprint density at radius 3 is 2.75 bits per heavy atom. The van der Waals surface area contributed by atoms with Gasteiger partial charge in [0.1, 0.15) is 0 Å². The molecule has 0 aromatic heterocycles. The fraction of sp³-hybridized carbons (Fsp3) is 1.00. The second kappa shape index (κ2) is 5.63. The summed E-state index contributed by atoms with van der Waals surface area (Å²) in [7, 11) is 0. The standard InChI is InChI=1S/C5H10BrOS/c1-5(8-7)3-2-4-6/h5H,2-4H2,1H3/q+1. The highest BCUT2D eigenvalue weighted by Gasteiger charge is 2.11. The summed E-state index contributed by atoms with van der Waals surface area (Å²) >= 11 is 3.99. The Bertz CT molecular complexity index is 67.4. The van der Waals surface area contributed by atoms with Gasteiger partial charge in [-0.05, 0) is 13.3 Å². The van der Waals surface area contributed by atoms with Crippen molar-refractivity contribution in [1.29, 1.82) is 0 Å². The molecule has 0 aromatic carbocycles. The molecule has 0 aromatic rings. The number of halogens is 1. The van der Waals surface area contributed by atoms with E-state index >= 15 is 0 Å². The maximum atomic E-state index is 10.0. The maximum absolute atomic E-state index is 10.0. The molecule has 3 heteroatoms. The molecule has 0 heterocycles. The lowest BCUT2D eigenvalue weighted by atomic mass is 10.3. The molecular weight excluding hydrogens is 188 g/mol. The predicted octanol–water partition coefficient (Wildman–Crippen LogP) is 1.98. The van der Waals surface area contributed by atoms with Gasteiger partial charge in [-0.3, -0.25) is 0 Å². The Hall–Kier alpha value is 0.500. The molecule has 0 saturated heterocycles. The zero-order valence-corrected chi connectivity index (χ0v) is 7.30. The molecule has 0 amide bonds. The van der Waals surface area contributed by atoms with Crippen LogP contribution < -0.4 is 0 Å². The molecule has 8 heavy (non-hydrogen) atoms. The Balaban J connectivity index is 2.98. The van der Waals surface area contributed by atoms with E-state index in [2.05, 4.69) is 15.9 Å². The van der Waals surface area contributed by atoms with Gasteiger partial charge in [0.15, 0.2) is 0 Å². The van der Waals surface area contributed by atoms with Crippen molar-refractivity contribution >= 4 is 27.6 Å². The maximum Gasteiger partial charge on any atom is 0.461 e. The van der Waals surface area contributed by atoms with Gasteiger partial charge in [-0.25, -0.2) is 0 Å². The molecule has 0 saturated carbocycles. The molecule has 0 N–H and O–H groups in total. The molecule has 0 spiro atoms. The van der Waals surface area contributed by atoms with Crippen LogP contribution in [0.15, 0.2) is 0 Å². The minimum Gasteiger partial charge on any atom is -0.0928 e. The Morgan fingerprint density at radius 1 is 1.75 bits per heavy atom. The van der Waals surface area contributed by atoms with Crippen molar-refractivity contribution in [3.05, 3.63) is 0 Å². The van der Waals surface area contributed by atoms with E-state index in [-0.39, 0.29) is 5.25 Å². The molecule has 0 aliphatic rings. The molecular formula is C5H10BrOS+. The van der Waals surface area contributed by atoms with E-state index in [9.17, 15) is 4.21 Å². The monoisotopic (exact) mass is 197 g/mol. The van der Waals surface area contributed by atoms with Gasteiger partial charge in [0.25, 0.3) is 0 Å². The van der Waals surface area contributed by atoms with Crippen molar-refractivity contribution in [3.8, 4) is 0 Å². The van der Waals surface area contributed by atoms with Crippen molar-refractivity contribution in [3.63, 3.8) is 0 Å². The zero-order chi connectivity index (χ0) is 6.41. The van der Waals surface area contributed by atoms with Crippen LogP contribution >= 0.6 is 15.9 Å². The summed E-state index contributed by atoms with van der Waals surface area (Å²) in [6, 6.07) is 0. The summed E-state index contributed by atoms with van der Waals surface area (Å²) < 4.78 is 10.0. The first-order valence-electron chi connectivity index (χ1n) is 2.66. The molecule has 0 aliphatic heterocycles. The van der Waals surface area contributed by atoms with Crippen molar-refractivity contribution in [2.45, 2.75) is 25.0 Å². The summed E-state index contributed by atoms with van der Waals surface area (Å²) in [5.41, 5.74) is 0. The zero-order valence-electron chi connectivity index (χ0n) is 4.89. The Kier molecular flexibility index (Phi) is 5.99. The van der Waals surface area contributed by atoms with Gasteiger partial charge in [-0.15, -0.1) is 0 Å². The average Bonchev–Trinajstić information content (AvgIpc) is 1.83. The van der Waals surface area contributed by atoms with Gasteiger partial charge >= 0.3 is 11.7 Å². The van der Waals surface area contributed by atoms with Crippen LogP contribution in [0.5, 0.6) is 0 Å². The largest absolute Gasteiger partial charge is 0.461 e. The highest BCUT2D eigenvalue weighted by Crippen LogP contribution is 1.99. The fourth-order valence-corrected chi connectivity index (χ4v) is 0.999. The quantitative estimate of drug-likeness (QED) is 0.498. The number of alkyl halides is 1. The molecule has 0 radical (unpaired) electrons. The minimum atomic E-state index is 0.285. The lowest BCUT2D eigenvalue weighted by Crippen LogP contribution is -1.97. The normalized spacial score (nSPS) is 13.2. The molecule has 1 nitrogen and oxygen atoms in total. The van der Waals surface area contributed by atoms with Crippen molar-refractivity contribution < 1.29 is 4.21 Å². The minimum absolute atomic E-state index is 0.285. The van der Waals surface area contributed by atoms with Gasteiger partial charge < -0.3 is 0 Å². The fourth-order valence-electron chi connectivity index (χ4n) is 0.413. The van der Waals surface area contributed by atoms with Crippen LogP contribution in [0.1, 0.15) is 19.8 Å². The lowest BCUT2D eigenvalue weighted by Gasteiger charge is -1.86. The number of hydrogen-bond acceptors (Lipinski definition) is 1. The second-order valence-corrected chi connectivity index (χ2v) is 3.53. The first-order chi connectivity index (χ1) is 3.81. The van der Waals surface area contributed by atoms with Gasteiger partial charge in [-0.1, -0.05) is 15.9 Å². The van der Waals surface area contributed by atoms with Crippen LogP contribution in [0.25, 0.3) is 0 Å². The summed E-state index contributed by atoms with van der Waals surface area (Å²) in [4.78, 5) is 0. The van der Waals surface area contributed by atoms with Crippen LogP contribution in [0.2, 0.25) is 0 Å². The molecule has 48 valence electrons. The molecule has 0 fully saturated rings. The lowest BCUT2D eigenvalue weighted by molar-refractivity contribution is 0.595. The number of rotatable bonds is 4. The van der Waals surface area contributed by atoms with E-state index in [0.29, 0.717) is 11.7 Å². The Morgan fingerprint density at radius 2 is 2.38 bits per heavy atom. The van der Waals surface area contributed by atoms with Crippen LogP contribution in [0.4, 0.5) is 0 Å². The predicted molar refractivity (Wildman–Crippen MR) is 40.5 cm³/mol.